The number of ether oxygens (including phenoxy) is 1. The summed E-state index contributed by atoms with van der Waals surface area (Å²) in [6, 6.07) is 19.9. The van der Waals surface area contributed by atoms with Crippen LogP contribution in [0.2, 0.25) is 0 Å². The van der Waals surface area contributed by atoms with Crippen LogP contribution in [0.25, 0.3) is 17.0 Å². The van der Waals surface area contributed by atoms with Gasteiger partial charge in [-0.15, -0.1) is 0 Å². The highest BCUT2D eigenvalue weighted by Gasteiger charge is 2.17. The lowest BCUT2D eigenvalue weighted by Crippen LogP contribution is -2.19. The molecule has 0 aliphatic heterocycles. The van der Waals surface area contributed by atoms with Crippen molar-refractivity contribution in [3.8, 4) is 17.0 Å². The van der Waals surface area contributed by atoms with E-state index in [0.29, 0.717) is 28.3 Å². The average Bonchev–Trinajstić information content (AvgIpc) is 3.39. The molecule has 2 aromatic heterocycles. The van der Waals surface area contributed by atoms with E-state index in [1.54, 1.807) is 39.7 Å². The van der Waals surface area contributed by atoms with Gasteiger partial charge in [-0.25, -0.2) is 14.5 Å². The highest BCUT2D eigenvalue weighted by atomic mass is 16.5. The lowest BCUT2D eigenvalue weighted by Gasteiger charge is -2.07. The fourth-order valence-electron chi connectivity index (χ4n) is 3.49. The van der Waals surface area contributed by atoms with Crippen LogP contribution in [0, 0.1) is 6.92 Å². The van der Waals surface area contributed by atoms with E-state index in [4.69, 9.17) is 9.15 Å². The Morgan fingerprint density at radius 2 is 1.82 bits per heavy atom. The van der Waals surface area contributed by atoms with Crippen molar-refractivity contribution < 1.29 is 13.9 Å². The van der Waals surface area contributed by atoms with Crippen molar-refractivity contribution in [1.29, 1.82) is 0 Å². The maximum absolute atomic E-state index is 13.0. The molecule has 166 valence electrons. The summed E-state index contributed by atoms with van der Waals surface area (Å²) in [4.78, 5) is 29.8. The van der Waals surface area contributed by atoms with Gasteiger partial charge in [-0.3, -0.25) is 9.48 Å². The molecular formula is C26H23N3O4. The molecule has 7 nitrogen and oxygen atoms in total. The molecule has 0 radical (unpaired) electrons. The van der Waals surface area contributed by atoms with E-state index in [1.165, 1.54) is 12.3 Å². The first-order valence-electron chi connectivity index (χ1n) is 10.4. The fraction of sp³-hybridized carbons (Fsp3) is 0.115. The third kappa shape index (κ3) is 4.34. The minimum atomic E-state index is -0.460. The van der Waals surface area contributed by atoms with Gasteiger partial charge in [0.15, 0.2) is 5.69 Å². The van der Waals surface area contributed by atoms with Crippen molar-refractivity contribution in [1.82, 2.24) is 9.36 Å². The molecule has 0 unspecified atom stereocenters. The number of nitrogens with zero attached hydrogens (tertiary/aromatic N) is 3. The van der Waals surface area contributed by atoms with Crippen molar-refractivity contribution >= 4 is 17.9 Å². The number of carbonyl (C=O) groups is 1. The second-order valence-electron chi connectivity index (χ2n) is 7.30. The summed E-state index contributed by atoms with van der Waals surface area (Å²) in [7, 11) is 1.82. The Bertz CT molecular complexity index is 1390. The number of hydrogen-bond acceptors (Lipinski definition) is 5. The number of esters is 1. The van der Waals surface area contributed by atoms with Crippen molar-refractivity contribution in [2.24, 2.45) is 12.0 Å². The smallest absolute Gasteiger partial charge is 0.339 e. The molecule has 0 bridgehead atoms. The Labute approximate surface area is 190 Å². The number of hydrogen-bond donors (Lipinski definition) is 0. The van der Waals surface area contributed by atoms with Gasteiger partial charge in [0.05, 0.1) is 23.2 Å². The van der Waals surface area contributed by atoms with E-state index in [2.05, 4.69) is 11.6 Å². The van der Waals surface area contributed by atoms with Gasteiger partial charge in [0.25, 0.3) is 5.56 Å². The summed E-state index contributed by atoms with van der Waals surface area (Å²) in [6.07, 6.45) is 3.01. The summed E-state index contributed by atoms with van der Waals surface area (Å²) in [5.74, 6) is 0.487. The number of benzene rings is 2. The van der Waals surface area contributed by atoms with Gasteiger partial charge in [-0.05, 0) is 37.3 Å². The molecule has 0 saturated heterocycles. The lowest BCUT2D eigenvalue weighted by molar-refractivity contribution is 0.0550. The summed E-state index contributed by atoms with van der Waals surface area (Å²) >= 11 is 0. The van der Waals surface area contributed by atoms with Crippen LogP contribution in [0.1, 0.15) is 21.8 Å². The third-order valence-corrected chi connectivity index (χ3v) is 5.22. The molecule has 0 aliphatic carbocycles. The predicted octanol–water partition coefficient (Wildman–Crippen LogP) is 4.84. The largest absolute Gasteiger partial charge is 0.458 e. The first-order valence-corrected chi connectivity index (χ1v) is 10.4. The van der Waals surface area contributed by atoms with E-state index in [9.17, 15) is 9.59 Å². The summed E-state index contributed by atoms with van der Waals surface area (Å²) in [5, 5.41) is 0. The van der Waals surface area contributed by atoms with Crippen LogP contribution in [0.15, 0.2) is 93.6 Å². The second kappa shape index (κ2) is 9.40. The van der Waals surface area contributed by atoms with Gasteiger partial charge >= 0.3 is 5.97 Å². The number of furan rings is 1. The molecule has 0 fully saturated rings. The predicted molar refractivity (Wildman–Crippen MR) is 128 cm³/mol. The zero-order valence-corrected chi connectivity index (χ0v) is 18.4. The highest BCUT2D eigenvalue weighted by Crippen LogP contribution is 2.26. The van der Waals surface area contributed by atoms with E-state index >= 15 is 0 Å². The average molecular weight is 441 g/mol. The molecule has 4 aromatic rings. The molecule has 2 heterocycles. The molecule has 0 N–H and O–H groups in total. The normalized spacial score (nSPS) is 11.1. The number of aromatic nitrogens is 2. The molecule has 33 heavy (non-hydrogen) atoms. The van der Waals surface area contributed by atoms with Gasteiger partial charge in [0.1, 0.15) is 18.1 Å². The van der Waals surface area contributed by atoms with Gasteiger partial charge in [0, 0.05) is 12.6 Å². The van der Waals surface area contributed by atoms with Crippen molar-refractivity contribution in [2.45, 2.75) is 6.92 Å². The lowest BCUT2D eigenvalue weighted by atomic mass is 10.1. The topological polar surface area (TPSA) is 78.7 Å². The van der Waals surface area contributed by atoms with Crippen LogP contribution in [0.3, 0.4) is 0 Å². The molecule has 0 saturated carbocycles. The van der Waals surface area contributed by atoms with Gasteiger partial charge in [0.2, 0.25) is 0 Å². The number of carbonyl (C=O) groups excluding carboxylic acids is 1. The summed E-state index contributed by atoms with van der Waals surface area (Å²) in [5.41, 5.74) is 2.58. The van der Waals surface area contributed by atoms with E-state index in [-0.39, 0.29) is 12.2 Å². The number of rotatable bonds is 7. The Hall–Kier alpha value is -4.39. The van der Waals surface area contributed by atoms with Crippen LogP contribution in [0.5, 0.6) is 0 Å². The molecular weight excluding hydrogens is 418 g/mol. The Morgan fingerprint density at radius 1 is 1.09 bits per heavy atom. The number of aliphatic imine (C=N–C) groups is 1. The Morgan fingerprint density at radius 3 is 2.58 bits per heavy atom. The van der Waals surface area contributed by atoms with Gasteiger partial charge in [-0.2, -0.15) is 0 Å². The molecule has 0 aliphatic rings. The molecule has 7 heteroatoms. The maximum Gasteiger partial charge on any atom is 0.339 e. The maximum atomic E-state index is 13.0. The van der Waals surface area contributed by atoms with Crippen molar-refractivity contribution in [2.75, 3.05) is 6.61 Å². The SMILES string of the molecule is C=CCOC(=O)c1ccccc1-c1ccc(C=Nc2c(C)n(C)n(-c3ccccc3)c2=O)o1. The van der Waals surface area contributed by atoms with Crippen LogP contribution in [0.4, 0.5) is 5.69 Å². The third-order valence-electron chi connectivity index (χ3n) is 5.22. The summed E-state index contributed by atoms with van der Waals surface area (Å²) in [6.45, 7) is 5.52. The van der Waals surface area contributed by atoms with Gasteiger partial charge < -0.3 is 9.15 Å². The zero-order chi connectivity index (χ0) is 23.4. The molecule has 0 atom stereocenters. The summed E-state index contributed by atoms with van der Waals surface area (Å²) < 4.78 is 14.4. The zero-order valence-electron chi connectivity index (χ0n) is 18.4. The van der Waals surface area contributed by atoms with Crippen molar-refractivity contribution in [3.05, 3.63) is 107 Å². The molecule has 0 spiro atoms. The van der Waals surface area contributed by atoms with Gasteiger partial charge in [-0.1, -0.05) is 49.1 Å². The number of para-hydroxylation sites is 1. The molecule has 4 rings (SSSR count). The first kappa shape index (κ1) is 21.8. The standard InChI is InChI=1S/C26H23N3O4/c1-4-16-32-26(31)22-13-9-8-12-21(22)23-15-14-20(33-23)17-27-24-18(2)28(3)29(25(24)30)19-10-6-5-7-11-19/h4-15,17H,1,16H2,2-3H3. The monoisotopic (exact) mass is 441 g/mol. The van der Waals surface area contributed by atoms with E-state index in [1.807, 2.05) is 50.4 Å². The highest BCUT2D eigenvalue weighted by molar-refractivity contribution is 5.96. The fourth-order valence-corrected chi connectivity index (χ4v) is 3.49. The van der Waals surface area contributed by atoms with Crippen LogP contribution < -0.4 is 5.56 Å². The van der Waals surface area contributed by atoms with E-state index in [0.717, 1.165) is 11.4 Å². The minimum Gasteiger partial charge on any atom is -0.458 e. The van der Waals surface area contributed by atoms with Crippen LogP contribution in [-0.2, 0) is 11.8 Å². The first-order chi connectivity index (χ1) is 16.0. The Kier molecular flexibility index (Phi) is 6.22. The molecule has 2 aromatic carbocycles. The quantitative estimate of drug-likeness (QED) is 0.234. The van der Waals surface area contributed by atoms with Crippen LogP contribution >= 0.6 is 0 Å². The Balaban J connectivity index is 1.64. The van der Waals surface area contributed by atoms with E-state index < -0.39 is 5.97 Å². The van der Waals surface area contributed by atoms with Crippen molar-refractivity contribution in [3.63, 3.8) is 0 Å². The minimum absolute atomic E-state index is 0.125. The second-order valence-corrected chi connectivity index (χ2v) is 7.30. The molecule has 0 amide bonds. The van der Waals surface area contributed by atoms with Crippen LogP contribution in [-0.4, -0.2) is 28.2 Å².